The van der Waals surface area contributed by atoms with E-state index < -0.39 is 29.3 Å². The fourth-order valence-corrected chi connectivity index (χ4v) is 3.41. The van der Waals surface area contributed by atoms with Gasteiger partial charge in [-0.3, -0.25) is 14.4 Å². The van der Waals surface area contributed by atoms with Crippen LogP contribution in [0.1, 0.15) is 35.5 Å². The first-order chi connectivity index (χ1) is 14.3. The third-order valence-electron chi connectivity index (χ3n) is 4.83. The van der Waals surface area contributed by atoms with Gasteiger partial charge in [-0.2, -0.15) is 5.10 Å². The van der Waals surface area contributed by atoms with E-state index in [1.54, 1.807) is 19.1 Å². The molecule has 1 atom stereocenters. The topological polar surface area (TPSA) is 139 Å². The number of aliphatic hydroxyl groups is 1. The number of carboxylic acid groups (broad SMARTS) is 1. The van der Waals surface area contributed by atoms with E-state index in [1.807, 2.05) is 22.6 Å². The van der Waals surface area contributed by atoms with E-state index in [1.165, 1.54) is 24.1 Å². The molecular weight excluding hydrogens is 522 g/mol. The lowest BCUT2D eigenvalue weighted by Gasteiger charge is -2.48. The van der Waals surface area contributed by atoms with Crippen LogP contribution in [-0.2, 0) is 18.3 Å². The predicted molar refractivity (Wildman–Crippen MR) is 119 cm³/mol. The van der Waals surface area contributed by atoms with E-state index in [0.717, 1.165) is 15.2 Å². The minimum atomic E-state index is -1.13. The number of carbonyl (C=O) groups is 2. The zero-order valence-corrected chi connectivity index (χ0v) is 19.5. The number of amides is 1. The zero-order valence-electron chi connectivity index (χ0n) is 17.3. The van der Waals surface area contributed by atoms with Gasteiger partial charge in [0, 0.05) is 36.1 Å². The highest BCUT2D eigenvalue weighted by atomic mass is 127. The second-order valence-electron chi connectivity index (χ2n) is 7.47. The molecule has 3 rings (SSSR count). The van der Waals surface area contributed by atoms with Gasteiger partial charge in [0.25, 0.3) is 17.4 Å². The molecule has 1 aromatic carbocycles. The minimum Gasteiger partial charge on any atom is -0.481 e. The van der Waals surface area contributed by atoms with E-state index in [-0.39, 0.29) is 30.8 Å². The largest absolute Gasteiger partial charge is 0.481 e. The summed E-state index contributed by atoms with van der Waals surface area (Å²) in [5.74, 6) is -1.66. The Morgan fingerprint density at radius 1 is 1.32 bits per heavy atom. The van der Waals surface area contributed by atoms with Crippen molar-refractivity contribution in [2.45, 2.75) is 31.9 Å². The summed E-state index contributed by atoms with van der Waals surface area (Å²) in [7, 11) is 1.45. The van der Waals surface area contributed by atoms with Crippen molar-refractivity contribution in [2.75, 3.05) is 13.1 Å². The van der Waals surface area contributed by atoms with Gasteiger partial charge >= 0.3 is 0 Å². The predicted octanol–water partition coefficient (Wildman–Crippen LogP) is 0.740. The summed E-state index contributed by atoms with van der Waals surface area (Å²) in [5.41, 5.74) is 5.02. The SMILES string of the molecule is CC(=O)O.C[C@H](N)C1(O)CN(C(=O)c2nn(C)c(=O)cc2Cc2ccc(I)cc2F)C1. The van der Waals surface area contributed by atoms with Gasteiger partial charge in [0.1, 0.15) is 11.4 Å². The number of carboxylic acids is 1. The summed E-state index contributed by atoms with van der Waals surface area (Å²) in [5, 5.41) is 21.8. The molecule has 0 aliphatic carbocycles. The molecule has 31 heavy (non-hydrogen) atoms. The molecule has 11 heteroatoms. The second-order valence-corrected chi connectivity index (χ2v) is 8.71. The molecule has 0 unspecified atom stereocenters. The van der Waals surface area contributed by atoms with Crippen LogP contribution in [0.3, 0.4) is 0 Å². The molecule has 0 bridgehead atoms. The molecule has 1 saturated heterocycles. The van der Waals surface area contributed by atoms with Crippen LogP contribution in [0.25, 0.3) is 0 Å². The lowest BCUT2D eigenvalue weighted by molar-refractivity contribution is -0.134. The summed E-state index contributed by atoms with van der Waals surface area (Å²) in [6, 6.07) is 5.60. The summed E-state index contributed by atoms with van der Waals surface area (Å²) < 4.78 is 16.0. The maximum Gasteiger partial charge on any atom is 0.300 e. The summed E-state index contributed by atoms with van der Waals surface area (Å²) in [4.78, 5) is 35.3. The number of hydrogen-bond donors (Lipinski definition) is 3. The normalized spacial score (nSPS) is 15.4. The van der Waals surface area contributed by atoms with Crippen molar-refractivity contribution in [2.24, 2.45) is 12.8 Å². The lowest BCUT2D eigenvalue weighted by Crippen LogP contribution is -2.70. The summed E-state index contributed by atoms with van der Waals surface area (Å²) in [6.07, 6.45) is 0.0678. The van der Waals surface area contributed by atoms with Crippen molar-refractivity contribution in [3.8, 4) is 0 Å². The van der Waals surface area contributed by atoms with Crippen LogP contribution in [0.5, 0.6) is 0 Å². The summed E-state index contributed by atoms with van der Waals surface area (Å²) in [6.45, 7) is 2.94. The Bertz CT molecular complexity index is 1050. The molecule has 1 fully saturated rings. The lowest BCUT2D eigenvalue weighted by atomic mass is 9.87. The first kappa shape index (κ1) is 24.9. The van der Waals surface area contributed by atoms with Crippen LogP contribution < -0.4 is 11.3 Å². The van der Waals surface area contributed by atoms with Gasteiger partial charge in [0.05, 0.1) is 13.1 Å². The molecule has 0 saturated carbocycles. The molecule has 4 N–H and O–H groups in total. The van der Waals surface area contributed by atoms with E-state index in [4.69, 9.17) is 15.6 Å². The monoisotopic (exact) mass is 546 g/mol. The first-order valence-electron chi connectivity index (χ1n) is 9.32. The molecule has 0 spiro atoms. The summed E-state index contributed by atoms with van der Waals surface area (Å²) >= 11 is 2.01. The van der Waals surface area contributed by atoms with Crippen molar-refractivity contribution in [3.05, 3.63) is 60.8 Å². The Labute approximate surface area is 191 Å². The first-order valence-corrected chi connectivity index (χ1v) is 10.4. The Morgan fingerprint density at radius 3 is 2.42 bits per heavy atom. The van der Waals surface area contributed by atoms with Crippen molar-refractivity contribution < 1.29 is 24.2 Å². The highest BCUT2D eigenvalue weighted by Crippen LogP contribution is 2.26. The molecule has 2 aromatic rings. The Balaban J connectivity index is 0.000000785. The van der Waals surface area contributed by atoms with Crippen LogP contribution in [0.4, 0.5) is 4.39 Å². The zero-order chi connectivity index (χ0) is 23.5. The van der Waals surface area contributed by atoms with Crippen LogP contribution in [-0.4, -0.2) is 61.5 Å². The molecule has 1 amide bonds. The number of likely N-dealkylation sites (tertiary alicyclic amines) is 1. The Morgan fingerprint density at radius 2 is 1.90 bits per heavy atom. The van der Waals surface area contributed by atoms with Gasteiger partial charge in [-0.1, -0.05) is 6.07 Å². The Kier molecular flexibility index (Phi) is 7.89. The van der Waals surface area contributed by atoms with Crippen molar-refractivity contribution in [3.63, 3.8) is 0 Å². The highest BCUT2D eigenvalue weighted by Gasteiger charge is 2.47. The number of rotatable bonds is 4. The maximum atomic E-state index is 14.2. The smallest absolute Gasteiger partial charge is 0.300 e. The molecule has 2 heterocycles. The van der Waals surface area contributed by atoms with Crippen molar-refractivity contribution in [1.82, 2.24) is 14.7 Å². The van der Waals surface area contributed by atoms with E-state index in [9.17, 15) is 19.1 Å². The van der Waals surface area contributed by atoms with Gasteiger partial charge in [0.2, 0.25) is 0 Å². The molecule has 168 valence electrons. The van der Waals surface area contributed by atoms with E-state index >= 15 is 0 Å². The number of aryl methyl sites for hydroxylation is 1. The molecule has 9 nitrogen and oxygen atoms in total. The van der Waals surface area contributed by atoms with Crippen LogP contribution in [0.2, 0.25) is 0 Å². The van der Waals surface area contributed by atoms with Crippen LogP contribution >= 0.6 is 22.6 Å². The van der Waals surface area contributed by atoms with Gasteiger partial charge in [0.15, 0.2) is 5.69 Å². The number of aromatic nitrogens is 2. The minimum absolute atomic E-state index is 0.0678. The number of aliphatic carboxylic acids is 1. The fraction of sp³-hybridized carbons (Fsp3) is 0.400. The number of benzene rings is 1. The van der Waals surface area contributed by atoms with Gasteiger partial charge in [-0.25, -0.2) is 9.07 Å². The number of halogens is 2. The quantitative estimate of drug-likeness (QED) is 0.481. The highest BCUT2D eigenvalue weighted by molar-refractivity contribution is 14.1. The molecule has 1 aliphatic rings. The third-order valence-corrected chi connectivity index (χ3v) is 5.50. The molecular formula is C20H24FIN4O5. The van der Waals surface area contributed by atoms with E-state index in [0.29, 0.717) is 11.1 Å². The molecule has 0 radical (unpaired) electrons. The van der Waals surface area contributed by atoms with Crippen LogP contribution in [0, 0.1) is 9.39 Å². The number of nitrogens with two attached hydrogens (primary N) is 1. The number of β-amino-alcohol motifs (C(OH)–C–C–N with tert-alkyl or cyclic N) is 1. The molecule has 1 aromatic heterocycles. The number of nitrogens with zero attached hydrogens (tertiary/aromatic N) is 3. The average Bonchev–Trinajstić information content (AvgIpc) is 2.62. The number of hydrogen-bond acceptors (Lipinski definition) is 6. The van der Waals surface area contributed by atoms with Crippen molar-refractivity contribution in [1.29, 1.82) is 0 Å². The van der Waals surface area contributed by atoms with Gasteiger partial charge in [-0.05, 0) is 52.8 Å². The average molecular weight is 546 g/mol. The Hall–Kier alpha value is -2.38. The molecule has 1 aliphatic heterocycles. The van der Waals surface area contributed by atoms with Crippen LogP contribution in [0.15, 0.2) is 29.1 Å². The van der Waals surface area contributed by atoms with E-state index in [2.05, 4.69) is 5.10 Å². The van der Waals surface area contributed by atoms with Crippen molar-refractivity contribution >= 4 is 34.5 Å². The van der Waals surface area contributed by atoms with Gasteiger partial charge < -0.3 is 20.8 Å². The maximum absolute atomic E-state index is 14.2. The fourth-order valence-electron chi connectivity index (χ4n) is 2.96. The third kappa shape index (κ3) is 6.08. The number of carbonyl (C=O) groups excluding carboxylic acids is 1. The standard InChI is InChI=1S/C18H20FIN4O3.C2H4O2/c1-10(21)18(27)8-24(9-18)17(26)16-12(6-15(25)23(2)22-16)5-11-3-4-13(20)7-14(11)19;1-2(3)4/h3-4,6-7,10,27H,5,8-9,21H2,1-2H3;1H3,(H,3,4)/t10-;/m0./s1. The second kappa shape index (κ2) is 9.83. The van der Waals surface area contributed by atoms with Gasteiger partial charge in [-0.15, -0.1) is 0 Å².